The van der Waals surface area contributed by atoms with E-state index in [4.69, 9.17) is 0 Å². The number of para-hydroxylation sites is 2. The van der Waals surface area contributed by atoms with Gasteiger partial charge in [-0.25, -0.2) is 15.0 Å². The summed E-state index contributed by atoms with van der Waals surface area (Å²) in [5.74, 6) is 2.67. The Morgan fingerprint density at radius 1 is 1.13 bits per heavy atom. The number of rotatable bonds is 7. The van der Waals surface area contributed by atoms with Crippen LogP contribution in [-0.2, 0) is 13.1 Å². The molecule has 0 unspecified atom stereocenters. The third kappa shape index (κ3) is 4.48. The van der Waals surface area contributed by atoms with E-state index in [1.165, 1.54) is 5.52 Å². The van der Waals surface area contributed by atoms with Crippen molar-refractivity contribution in [2.24, 2.45) is 4.99 Å². The molecule has 0 aliphatic rings. The molecule has 8 heteroatoms. The van der Waals surface area contributed by atoms with Gasteiger partial charge in [0.05, 0.1) is 11.0 Å². The van der Waals surface area contributed by atoms with Crippen molar-refractivity contribution in [1.29, 1.82) is 0 Å². The van der Waals surface area contributed by atoms with E-state index in [2.05, 4.69) is 60.3 Å². The summed E-state index contributed by atoms with van der Waals surface area (Å²) in [6.45, 7) is 4.45. The van der Waals surface area contributed by atoms with Gasteiger partial charge in [-0.3, -0.25) is 9.56 Å². The molecule has 0 aliphatic carbocycles. The highest BCUT2D eigenvalue weighted by Gasteiger charge is 2.06. The van der Waals surface area contributed by atoms with Gasteiger partial charge in [-0.2, -0.15) is 0 Å². The molecule has 0 atom stereocenters. The number of imidazole rings is 2. The van der Waals surface area contributed by atoms with Crippen LogP contribution >= 0.6 is 0 Å². The monoisotopic (exact) mass is 402 g/mol. The normalized spacial score (nSPS) is 11.7. The van der Waals surface area contributed by atoms with E-state index in [1.54, 1.807) is 25.8 Å². The van der Waals surface area contributed by atoms with Crippen LogP contribution in [0.5, 0.6) is 0 Å². The van der Waals surface area contributed by atoms with Gasteiger partial charge in [0.2, 0.25) is 0 Å². The molecule has 154 valence electrons. The lowest BCUT2D eigenvalue weighted by Crippen LogP contribution is -2.37. The first-order chi connectivity index (χ1) is 14.7. The van der Waals surface area contributed by atoms with Crippen molar-refractivity contribution >= 4 is 17.0 Å². The molecule has 0 radical (unpaired) electrons. The van der Waals surface area contributed by atoms with Gasteiger partial charge in [-0.05, 0) is 43.2 Å². The van der Waals surface area contributed by atoms with Crippen molar-refractivity contribution in [3.05, 3.63) is 72.7 Å². The highest BCUT2D eigenvalue weighted by atomic mass is 15.2. The molecule has 30 heavy (non-hydrogen) atoms. The maximum atomic E-state index is 4.63. The molecule has 0 aliphatic heterocycles. The second kappa shape index (κ2) is 9.21. The number of nitrogens with one attached hydrogen (secondary N) is 2. The van der Waals surface area contributed by atoms with Gasteiger partial charge in [-0.1, -0.05) is 12.1 Å². The SMILES string of the molecule is CN=C(NCCCn1c(C)nc2ccccc21)NCc1ccnc(-n2ccnc2)c1. The second-order valence-corrected chi connectivity index (χ2v) is 7.00. The molecule has 3 aromatic heterocycles. The average molecular weight is 403 g/mol. The van der Waals surface area contributed by atoms with Gasteiger partial charge in [0, 0.05) is 45.3 Å². The van der Waals surface area contributed by atoms with Gasteiger partial charge in [-0.15, -0.1) is 0 Å². The number of aromatic nitrogens is 5. The van der Waals surface area contributed by atoms with E-state index >= 15 is 0 Å². The number of aryl methyl sites for hydroxylation is 2. The molecule has 2 N–H and O–H groups in total. The summed E-state index contributed by atoms with van der Waals surface area (Å²) in [7, 11) is 1.78. The Morgan fingerprint density at radius 2 is 2.03 bits per heavy atom. The van der Waals surface area contributed by atoms with Crippen molar-refractivity contribution in [2.75, 3.05) is 13.6 Å². The predicted octanol–water partition coefficient (Wildman–Crippen LogP) is 2.68. The van der Waals surface area contributed by atoms with Crippen LogP contribution in [-0.4, -0.2) is 43.6 Å². The number of aliphatic imine (C=N–C) groups is 1. The highest BCUT2D eigenvalue weighted by molar-refractivity contribution is 5.79. The van der Waals surface area contributed by atoms with Crippen molar-refractivity contribution in [3.8, 4) is 5.82 Å². The van der Waals surface area contributed by atoms with Crippen LogP contribution in [0.1, 0.15) is 17.8 Å². The summed E-state index contributed by atoms with van der Waals surface area (Å²) in [6, 6.07) is 12.3. The maximum Gasteiger partial charge on any atom is 0.191 e. The summed E-state index contributed by atoms with van der Waals surface area (Å²) < 4.78 is 4.15. The fourth-order valence-corrected chi connectivity index (χ4v) is 3.43. The van der Waals surface area contributed by atoms with Crippen LogP contribution in [0.3, 0.4) is 0 Å². The molecule has 4 rings (SSSR count). The number of nitrogens with zero attached hydrogens (tertiary/aromatic N) is 6. The van der Waals surface area contributed by atoms with E-state index in [0.29, 0.717) is 6.54 Å². The Kier molecular flexibility index (Phi) is 6.03. The lowest BCUT2D eigenvalue weighted by Gasteiger charge is -2.13. The predicted molar refractivity (Wildman–Crippen MR) is 119 cm³/mol. The molecule has 3 heterocycles. The molecule has 4 aromatic rings. The summed E-state index contributed by atoms with van der Waals surface area (Å²) in [5, 5.41) is 6.75. The van der Waals surface area contributed by atoms with Crippen LogP contribution in [0.15, 0.2) is 66.3 Å². The fourth-order valence-electron chi connectivity index (χ4n) is 3.43. The molecule has 0 saturated carbocycles. The first kappa shape index (κ1) is 19.6. The maximum absolute atomic E-state index is 4.63. The van der Waals surface area contributed by atoms with Crippen LogP contribution in [0.2, 0.25) is 0 Å². The minimum Gasteiger partial charge on any atom is -0.356 e. The minimum atomic E-state index is 0.662. The zero-order valence-corrected chi connectivity index (χ0v) is 17.3. The molecule has 0 fully saturated rings. The fraction of sp³-hybridized carbons (Fsp3) is 0.273. The largest absolute Gasteiger partial charge is 0.356 e. The number of hydrogen-bond donors (Lipinski definition) is 2. The first-order valence-corrected chi connectivity index (χ1v) is 10.0. The number of fused-ring (bicyclic) bond motifs is 1. The Morgan fingerprint density at radius 3 is 2.87 bits per heavy atom. The smallest absolute Gasteiger partial charge is 0.191 e. The zero-order chi connectivity index (χ0) is 20.8. The average Bonchev–Trinajstić information content (AvgIpc) is 3.41. The van der Waals surface area contributed by atoms with Crippen molar-refractivity contribution in [2.45, 2.75) is 26.4 Å². The standard InChI is InChI=1S/C22H26N8/c1-17-28-19-6-3-4-7-20(19)30(17)12-5-9-26-22(23-2)27-15-18-8-10-25-21(14-18)29-13-11-24-16-29/h3-4,6-8,10-11,13-14,16H,5,9,12,15H2,1-2H3,(H2,23,26,27). The van der Waals surface area contributed by atoms with E-state index in [1.807, 2.05) is 29.0 Å². The Balaban J connectivity index is 1.27. The molecule has 1 aromatic carbocycles. The Labute approximate surface area is 175 Å². The molecular formula is C22H26N8. The molecule has 0 saturated heterocycles. The number of benzene rings is 1. The third-order valence-electron chi connectivity index (χ3n) is 4.96. The summed E-state index contributed by atoms with van der Waals surface area (Å²) in [6.07, 6.45) is 8.14. The van der Waals surface area contributed by atoms with Gasteiger partial charge in [0.25, 0.3) is 0 Å². The molecular weight excluding hydrogens is 376 g/mol. The van der Waals surface area contributed by atoms with Gasteiger partial charge < -0.3 is 15.2 Å². The summed E-state index contributed by atoms with van der Waals surface area (Å²) in [5.41, 5.74) is 3.36. The minimum absolute atomic E-state index is 0.662. The number of pyridine rings is 1. The van der Waals surface area contributed by atoms with Crippen LogP contribution in [0.25, 0.3) is 16.9 Å². The van der Waals surface area contributed by atoms with E-state index in [-0.39, 0.29) is 0 Å². The number of hydrogen-bond acceptors (Lipinski definition) is 4. The van der Waals surface area contributed by atoms with E-state index in [9.17, 15) is 0 Å². The van der Waals surface area contributed by atoms with Crippen molar-refractivity contribution < 1.29 is 0 Å². The van der Waals surface area contributed by atoms with Crippen molar-refractivity contribution in [1.82, 2.24) is 34.7 Å². The zero-order valence-electron chi connectivity index (χ0n) is 17.3. The molecule has 8 nitrogen and oxygen atoms in total. The quantitative estimate of drug-likeness (QED) is 0.282. The van der Waals surface area contributed by atoms with E-state index < -0.39 is 0 Å². The van der Waals surface area contributed by atoms with Crippen molar-refractivity contribution in [3.63, 3.8) is 0 Å². The van der Waals surface area contributed by atoms with Gasteiger partial charge in [0.15, 0.2) is 5.96 Å². The van der Waals surface area contributed by atoms with E-state index in [0.717, 1.165) is 48.2 Å². The topological polar surface area (TPSA) is 85.0 Å². The summed E-state index contributed by atoms with van der Waals surface area (Å²) in [4.78, 5) is 17.4. The Bertz CT molecular complexity index is 1130. The molecule has 0 spiro atoms. The third-order valence-corrected chi connectivity index (χ3v) is 4.96. The second-order valence-electron chi connectivity index (χ2n) is 7.00. The van der Waals surface area contributed by atoms with Gasteiger partial charge in [0.1, 0.15) is 18.0 Å². The summed E-state index contributed by atoms with van der Waals surface area (Å²) >= 11 is 0. The molecule has 0 amide bonds. The Hall–Kier alpha value is -3.68. The van der Waals surface area contributed by atoms with Crippen LogP contribution in [0.4, 0.5) is 0 Å². The number of guanidine groups is 1. The van der Waals surface area contributed by atoms with Crippen LogP contribution < -0.4 is 10.6 Å². The van der Waals surface area contributed by atoms with Crippen LogP contribution in [0, 0.1) is 6.92 Å². The first-order valence-electron chi connectivity index (χ1n) is 10.0. The highest BCUT2D eigenvalue weighted by Crippen LogP contribution is 2.15. The lowest BCUT2D eigenvalue weighted by molar-refractivity contribution is 0.624. The molecule has 0 bridgehead atoms. The lowest BCUT2D eigenvalue weighted by atomic mass is 10.2. The van der Waals surface area contributed by atoms with Gasteiger partial charge >= 0.3 is 0 Å².